The predicted molar refractivity (Wildman–Crippen MR) is 112 cm³/mol. The minimum Gasteiger partial charge on any atom is -0.324 e. The minimum atomic E-state index is -1.35. The van der Waals surface area contributed by atoms with Crippen molar-refractivity contribution in [3.8, 4) is 0 Å². The molecule has 2 unspecified atom stereocenters. The quantitative estimate of drug-likeness (QED) is 0.717. The first kappa shape index (κ1) is 21.3. The fourth-order valence-electron chi connectivity index (χ4n) is 4.03. The van der Waals surface area contributed by atoms with Crippen molar-refractivity contribution in [1.82, 2.24) is 15.1 Å². The van der Waals surface area contributed by atoms with Gasteiger partial charge in [0.05, 0.1) is 0 Å². The summed E-state index contributed by atoms with van der Waals surface area (Å²) < 4.78 is 27.6. The molecule has 4 rings (SSSR count). The number of nitrogens with zero attached hydrogens (tertiary/aromatic N) is 2. The molecule has 2 aliphatic rings. The zero-order valence-corrected chi connectivity index (χ0v) is 17.6. The third-order valence-corrected chi connectivity index (χ3v) is 6.96. The lowest BCUT2D eigenvalue weighted by Crippen LogP contribution is -2.45. The highest BCUT2D eigenvalue weighted by Gasteiger charge is 2.52. The number of urea groups is 1. The van der Waals surface area contributed by atoms with Crippen LogP contribution in [0.4, 0.5) is 13.6 Å². The maximum Gasteiger partial charge on any atom is 0.325 e. The van der Waals surface area contributed by atoms with Crippen molar-refractivity contribution in [2.24, 2.45) is 0 Å². The molecule has 2 aromatic carbocycles. The van der Waals surface area contributed by atoms with Gasteiger partial charge in [-0.15, -0.1) is 11.8 Å². The Bertz CT molecular complexity index is 1030. The predicted octanol–water partition coefficient (Wildman–Crippen LogP) is 3.40. The van der Waals surface area contributed by atoms with Crippen LogP contribution in [-0.4, -0.2) is 46.5 Å². The molecule has 0 saturated carbocycles. The lowest BCUT2D eigenvalue weighted by molar-refractivity contribution is -0.139. The molecule has 0 aliphatic carbocycles. The number of hydrogen-bond donors (Lipinski definition) is 1. The third-order valence-electron chi connectivity index (χ3n) is 5.72. The van der Waals surface area contributed by atoms with Crippen LogP contribution in [-0.2, 0) is 15.1 Å². The molecule has 0 aromatic heterocycles. The van der Waals surface area contributed by atoms with Gasteiger partial charge in [0, 0.05) is 17.9 Å². The molecule has 2 aliphatic heterocycles. The molecule has 0 spiro atoms. The molecule has 2 saturated heterocycles. The fraction of sp³-hybridized carbons (Fsp3) is 0.318. The number of imide groups is 1. The molecule has 0 bridgehead atoms. The summed E-state index contributed by atoms with van der Waals surface area (Å²) in [6.07, 6.45) is 0.241. The molecular formula is C22H21F2N3O3S. The largest absolute Gasteiger partial charge is 0.325 e. The zero-order chi connectivity index (χ0) is 22.2. The molecule has 4 amide bonds. The van der Waals surface area contributed by atoms with E-state index in [-0.39, 0.29) is 6.42 Å². The van der Waals surface area contributed by atoms with Gasteiger partial charge in [0.1, 0.15) is 29.1 Å². The molecule has 9 heteroatoms. The lowest BCUT2D eigenvalue weighted by Gasteiger charge is -2.27. The molecular weight excluding hydrogens is 424 g/mol. The monoisotopic (exact) mass is 445 g/mol. The molecule has 2 atom stereocenters. The maximum absolute atomic E-state index is 14.3. The summed E-state index contributed by atoms with van der Waals surface area (Å²) in [5, 5.41) is 2.17. The first-order valence-corrected chi connectivity index (χ1v) is 11.0. The van der Waals surface area contributed by atoms with Gasteiger partial charge in [0.15, 0.2) is 0 Å². The van der Waals surface area contributed by atoms with E-state index in [1.807, 2.05) is 0 Å². The van der Waals surface area contributed by atoms with Crippen LogP contribution in [0.1, 0.15) is 29.8 Å². The number of thioether (sulfide) groups is 1. The first-order valence-electron chi connectivity index (χ1n) is 9.93. The normalized spacial score (nSPS) is 23.4. The standard InChI is InChI=1S/C22H21F2N3O3S/c1-2-22(14-7-9-15(23)10-8-14)20(29)27(21(30)25-22)13-18(28)26-11-12-31-19(26)16-5-3-4-6-17(16)24/h3-10,19H,2,11-13H2,1H3,(H,25,30). The summed E-state index contributed by atoms with van der Waals surface area (Å²) in [7, 11) is 0. The van der Waals surface area contributed by atoms with Crippen molar-refractivity contribution in [3.05, 3.63) is 71.3 Å². The number of carbonyl (C=O) groups excluding carboxylic acids is 3. The molecule has 2 heterocycles. The van der Waals surface area contributed by atoms with E-state index in [9.17, 15) is 23.2 Å². The van der Waals surface area contributed by atoms with Crippen molar-refractivity contribution in [3.63, 3.8) is 0 Å². The highest BCUT2D eigenvalue weighted by atomic mass is 32.2. The number of rotatable bonds is 5. The van der Waals surface area contributed by atoms with Gasteiger partial charge in [0.25, 0.3) is 5.91 Å². The molecule has 6 nitrogen and oxygen atoms in total. The second-order valence-corrected chi connectivity index (χ2v) is 8.61. The molecule has 162 valence electrons. The first-order chi connectivity index (χ1) is 14.9. The van der Waals surface area contributed by atoms with Gasteiger partial charge in [-0.2, -0.15) is 0 Å². The second kappa shape index (κ2) is 8.30. The maximum atomic E-state index is 14.3. The summed E-state index contributed by atoms with van der Waals surface area (Å²) in [5.74, 6) is -1.23. The molecule has 1 N–H and O–H groups in total. The van der Waals surface area contributed by atoms with Crippen LogP contribution in [0.2, 0.25) is 0 Å². The van der Waals surface area contributed by atoms with Crippen LogP contribution < -0.4 is 5.32 Å². The Balaban J connectivity index is 1.55. The second-order valence-electron chi connectivity index (χ2n) is 7.42. The number of benzene rings is 2. The van der Waals surface area contributed by atoms with Crippen LogP contribution in [0.3, 0.4) is 0 Å². The number of carbonyl (C=O) groups is 3. The average molecular weight is 445 g/mol. The minimum absolute atomic E-state index is 0.241. The Kier molecular flexibility index (Phi) is 5.70. The number of hydrogen-bond acceptors (Lipinski definition) is 4. The fourth-order valence-corrected chi connectivity index (χ4v) is 5.33. The lowest BCUT2D eigenvalue weighted by atomic mass is 9.87. The van der Waals surface area contributed by atoms with Crippen molar-refractivity contribution in [2.75, 3.05) is 18.8 Å². The van der Waals surface area contributed by atoms with Gasteiger partial charge < -0.3 is 10.2 Å². The van der Waals surface area contributed by atoms with Gasteiger partial charge >= 0.3 is 6.03 Å². The van der Waals surface area contributed by atoms with Crippen LogP contribution in [0.5, 0.6) is 0 Å². The average Bonchev–Trinajstić information content (AvgIpc) is 3.34. The summed E-state index contributed by atoms with van der Waals surface area (Å²) >= 11 is 1.43. The highest BCUT2D eigenvalue weighted by molar-refractivity contribution is 7.99. The van der Waals surface area contributed by atoms with Crippen LogP contribution in [0.25, 0.3) is 0 Å². The third kappa shape index (κ3) is 3.67. The van der Waals surface area contributed by atoms with E-state index >= 15 is 0 Å². The Hall–Kier alpha value is -2.94. The van der Waals surface area contributed by atoms with E-state index in [0.29, 0.717) is 23.4 Å². The smallest absolute Gasteiger partial charge is 0.324 e. The molecule has 0 radical (unpaired) electrons. The Morgan fingerprint density at radius 1 is 1.16 bits per heavy atom. The van der Waals surface area contributed by atoms with Gasteiger partial charge in [-0.3, -0.25) is 14.5 Å². The molecule has 2 aromatic rings. The number of amides is 4. The highest BCUT2D eigenvalue weighted by Crippen LogP contribution is 2.39. The zero-order valence-electron chi connectivity index (χ0n) is 16.8. The van der Waals surface area contributed by atoms with Gasteiger partial charge in [-0.25, -0.2) is 13.6 Å². The van der Waals surface area contributed by atoms with E-state index in [1.54, 1.807) is 25.1 Å². The van der Waals surface area contributed by atoms with Crippen LogP contribution in [0.15, 0.2) is 48.5 Å². The Morgan fingerprint density at radius 3 is 2.55 bits per heavy atom. The van der Waals surface area contributed by atoms with Crippen molar-refractivity contribution in [2.45, 2.75) is 24.3 Å². The van der Waals surface area contributed by atoms with E-state index in [0.717, 1.165) is 4.90 Å². The molecule has 2 fully saturated rings. The van der Waals surface area contributed by atoms with Gasteiger partial charge in [-0.05, 0) is 30.2 Å². The van der Waals surface area contributed by atoms with E-state index < -0.39 is 46.9 Å². The van der Waals surface area contributed by atoms with Crippen molar-refractivity contribution in [1.29, 1.82) is 0 Å². The van der Waals surface area contributed by atoms with E-state index in [4.69, 9.17) is 0 Å². The topological polar surface area (TPSA) is 69.7 Å². The van der Waals surface area contributed by atoms with Crippen LogP contribution >= 0.6 is 11.8 Å². The summed E-state index contributed by atoms with van der Waals surface area (Å²) in [6, 6.07) is 10.9. The number of halogens is 2. The van der Waals surface area contributed by atoms with Gasteiger partial charge in [0.2, 0.25) is 5.91 Å². The summed E-state index contributed by atoms with van der Waals surface area (Å²) in [6.45, 7) is 1.68. The Labute approximate surface area is 182 Å². The Morgan fingerprint density at radius 2 is 1.87 bits per heavy atom. The number of nitrogens with one attached hydrogen (secondary N) is 1. The molecule has 31 heavy (non-hydrogen) atoms. The summed E-state index contributed by atoms with van der Waals surface area (Å²) in [5.41, 5.74) is -0.508. The van der Waals surface area contributed by atoms with Crippen molar-refractivity contribution < 1.29 is 23.2 Å². The van der Waals surface area contributed by atoms with E-state index in [2.05, 4.69) is 5.32 Å². The van der Waals surface area contributed by atoms with Gasteiger partial charge in [-0.1, -0.05) is 37.3 Å². The van der Waals surface area contributed by atoms with Crippen LogP contribution in [0, 0.1) is 11.6 Å². The van der Waals surface area contributed by atoms with E-state index in [1.165, 1.54) is 47.0 Å². The SMILES string of the molecule is CCC1(c2ccc(F)cc2)NC(=O)N(CC(=O)N2CCSC2c2ccccc2F)C1=O. The summed E-state index contributed by atoms with van der Waals surface area (Å²) in [4.78, 5) is 41.3. The van der Waals surface area contributed by atoms with Crippen molar-refractivity contribution >= 4 is 29.6 Å².